The van der Waals surface area contributed by atoms with Crippen LogP contribution in [0.1, 0.15) is 32.1 Å². The lowest BCUT2D eigenvalue weighted by atomic mass is 9.71. The number of nitrogens with two attached hydrogens (primary N) is 1. The third-order valence-electron chi connectivity index (χ3n) is 3.85. The third kappa shape index (κ3) is 1.96. The monoisotopic (exact) mass is 217 g/mol. The van der Waals surface area contributed by atoms with Crippen molar-refractivity contribution >= 4 is 9.84 Å². The summed E-state index contributed by atoms with van der Waals surface area (Å²) in [5.41, 5.74) is 5.69. The molecule has 0 aromatic rings. The van der Waals surface area contributed by atoms with Crippen molar-refractivity contribution < 1.29 is 8.42 Å². The molecule has 0 bridgehead atoms. The normalized spacial score (nSPS) is 36.9. The highest BCUT2D eigenvalue weighted by atomic mass is 32.2. The molecule has 4 heteroatoms. The van der Waals surface area contributed by atoms with Crippen LogP contribution in [0, 0.1) is 11.3 Å². The Balaban J connectivity index is 2.03. The van der Waals surface area contributed by atoms with E-state index < -0.39 is 9.84 Å². The van der Waals surface area contributed by atoms with Crippen LogP contribution in [0.5, 0.6) is 0 Å². The van der Waals surface area contributed by atoms with Gasteiger partial charge in [0.15, 0.2) is 9.84 Å². The van der Waals surface area contributed by atoms with Crippen LogP contribution in [0.3, 0.4) is 0 Å². The molecule has 1 saturated heterocycles. The molecular formula is C10H19NO2S. The second-order valence-corrected chi connectivity index (χ2v) is 7.23. The first-order chi connectivity index (χ1) is 6.55. The van der Waals surface area contributed by atoms with Crippen molar-refractivity contribution in [2.24, 2.45) is 17.1 Å². The molecule has 0 aromatic carbocycles. The molecule has 0 spiro atoms. The summed E-state index contributed by atoms with van der Waals surface area (Å²) in [6, 6.07) is 0. The van der Waals surface area contributed by atoms with E-state index in [0.717, 1.165) is 18.8 Å². The van der Waals surface area contributed by atoms with Crippen molar-refractivity contribution in [2.45, 2.75) is 32.1 Å². The minimum atomic E-state index is -2.78. The lowest BCUT2D eigenvalue weighted by molar-refractivity contribution is 0.187. The Hall–Kier alpha value is -0.0900. The van der Waals surface area contributed by atoms with Crippen molar-refractivity contribution in [3.05, 3.63) is 0 Å². The zero-order chi connectivity index (χ0) is 10.2. The van der Waals surface area contributed by atoms with Gasteiger partial charge in [0.05, 0.1) is 11.5 Å². The van der Waals surface area contributed by atoms with Crippen LogP contribution in [0.2, 0.25) is 0 Å². The van der Waals surface area contributed by atoms with E-state index in [1.165, 1.54) is 19.3 Å². The maximum atomic E-state index is 11.4. The molecule has 1 saturated carbocycles. The zero-order valence-corrected chi connectivity index (χ0v) is 9.35. The molecule has 2 N–H and O–H groups in total. The second kappa shape index (κ2) is 3.49. The van der Waals surface area contributed by atoms with E-state index in [0.29, 0.717) is 18.1 Å². The molecule has 1 aliphatic heterocycles. The summed E-state index contributed by atoms with van der Waals surface area (Å²) in [4.78, 5) is 0. The maximum Gasteiger partial charge on any atom is 0.150 e. The van der Waals surface area contributed by atoms with Gasteiger partial charge in [0, 0.05) is 0 Å². The van der Waals surface area contributed by atoms with Crippen LogP contribution in [-0.2, 0) is 9.84 Å². The van der Waals surface area contributed by atoms with Crippen molar-refractivity contribution in [2.75, 3.05) is 18.1 Å². The molecule has 82 valence electrons. The lowest BCUT2D eigenvalue weighted by Gasteiger charge is -2.35. The summed E-state index contributed by atoms with van der Waals surface area (Å²) in [6.45, 7) is 0.544. The summed E-state index contributed by atoms with van der Waals surface area (Å²) in [5.74, 6) is 1.45. The van der Waals surface area contributed by atoms with E-state index in [1.54, 1.807) is 0 Å². The standard InChI is InChI=1S/C10H19NO2S/c11-7-10(6-9-2-1-3-9)4-5-14(12,13)8-10/h9H,1-8,11H2. The Bertz CT molecular complexity index is 308. The minimum absolute atomic E-state index is 0.0656. The van der Waals surface area contributed by atoms with Gasteiger partial charge in [-0.3, -0.25) is 0 Å². The van der Waals surface area contributed by atoms with E-state index in [9.17, 15) is 8.42 Å². The van der Waals surface area contributed by atoms with Crippen molar-refractivity contribution in [1.82, 2.24) is 0 Å². The lowest BCUT2D eigenvalue weighted by Crippen LogP contribution is -2.35. The van der Waals surface area contributed by atoms with Crippen LogP contribution in [0.4, 0.5) is 0 Å². The summed E-state index contributed by atoms with van der Waals surface area (Å²) >= 11 is 0. The van der Waals surface area contributed by atoms with Crippen LogP contribution in [0.15, 0.2) is 0 Å². The van der Waals surface area contributed by atoms with E-state index in [4.69, 9.17) is 5.73 Å². The highest BCUT2D eigenvalue weighted by Crippen LogP contribution is 2.42. The fourth-order valence-electron chi connectivity index (χ4n) is 2.70. The maximum absolute atomic E-state index is 11.4. The van der Waals surface area contributed by atoms with E-state index >= 15 is 0 Å². The first-order valence-electron chi connectivity index (χ1n) is 5.46. The number of sulfone groups is 1. The van der Waals surface area contributed by atoms with Crippen LogP contribution < -0.4 is 5.73 Å². The fraction of sp³-hybridized carbons (Fsp3) is 1.00. The molecule has 2 rings (SSSR count). The van der Waals surface area contributed by atoms with Gasteiger partial charge in [-0.05, 0) is 30.7 Å². The summed E-state index contributed by atoms with van der Waals surface area (Å²) in [6.07, 6.45) is 5.72. The molecule has 1 aliphatic carbocycles. The van der Waals surface area contributed by atoms with Crippen molar-refractivity contribution in [3.8, 4) is 0 Å². The van der Waals surface area contributed by atoms with Gasteiger partial charge in [0.25, 0.3) is 0 Å². The van der Waals surface area contributed by atoms with Crippen LogP contribution in [0.25, 0.3) is 0 Å². The SMILES string of the molecule is NCC1(CC2CCC2)CCS(=O)(=O)C1. The highest BCUT2D eigenvalue weighted by molar-refractivity contribution is 7.91. The number of rotatable bonds is 3. The fourth-order valence-corrected chi connectivity index (χ4v) is 4.90. The molecule has 0 aromatic heterocycles. The molecule has 1 unspecified atom stereocenters. The highest BCUT2D eigenvalue weighted by Gasteiger charge is 2.43. The third-order valence-corrected chi connectivity index (χ3v) is 5.73. The van der Waals surface area contributed by atoms with Gasteiger partial charge in [0.2, 0.25) is 0 Å². The van der Waals surface area contributed by atoms with Gasteiger partial charge in [-0.25, -0.2) is 8.42 Å². The summed E-state index contributed by atoms with van der Waals surface area (Å²) in [5, 5.41) is 0. The topological polar surface area (TPSA) is 60.2 Å². The van der Waals surface area contributed by atoms with Crippen LogP contribution in [-0.4, -0.2) is 26.5 Å². The van der Waals surface area contributed by atoms with Gasteiger partial charge in [-0.15, -0.1) is 0 Å². The average Bonchev–Trinajstić information content (AvgIpc) is 2.36. The van der Waals surface area contributed by atoms with Gasteiger partial charge < -0.3 is 5.73 Å². The van der Waals surface area contributed by atoms with Crippen molar-refractivity contribution in [1.29, 1.82) is 0 Å². The van der Waals surface area contributed by atoms with Crippen molar-refractivity contribution in [3.63, 3.8) is 0 Å². The molecule has 3 nitrogen and oxygen atoms in total. The van der Waals surface area contributed by atoms with E-state index in [2.05, 4.69) is 0 Å². The predicted octanol–water partition coefficient (Wildman–Crippen LogP) is 0.940. The Kier molecular flexibility index (Phi) is 2.60. The van der Waals surface area contributed by atoms with Gasteiger partial charge in [-0.1, -0.05) is 19.3 Å². The van der Waals surface area contributed by atoms with Gasteiger partial charge in [-0.2, -0.15) is 0 Å². The zero-order valence-electron chi connectivity index (χ0n) is 8.54. The molecule has 14 heavy (non-hydrogen) atoms. The molecular weight excluding hydrogens is 198 g/mol. The average molecular weight is 217 g/mol. The Morgan fingerprint density at radius 2 is 2.07 bits per heavy atom. The van der Waals surface area contributed by atoms with E-state index in [-0.39, 0.29) is 5.41 Å². The molecule has 1 atom stereocenters. The summed E-state index contributed by atoms with van der Waals surface area (Å²) < 4.78 is 22.9. The molecule has 1 heterocycles. The molecule has 2 fully saturated rings. The largest absolute Gasteiger partial charge is 0.330 e. The molecule has 0 radical (unpaired) electrons. The quantitative estimate of drug-likeness (QED) is 0.765. The Morgan fingerprint density at radius 1 is 1.36 bits per heavy atom. The van der Waals surface area contributed by atoms with Gasteiger partial charge >= 0.3 is 0 Å². The smallest absolute Gasteiger partial charge is 0.150 e. The molecule has 2 aliphatic rings. The second-order valence-electron chi connectivity index (χ2n) is 5.05. The number of hydrogen-bond acceptors (Lipinski definition) is 3. The first kappa shape index (κ1) is 10.4. The molecule has 0 amide bonds. The Labute approximate surface area is 86.0 Å². The minimum Gasteiger partial charge on any atom is -0.330 e. The predicted molar refractivity (Wildman–Crippen MR) is 56.7 cm³/mol. The number of hydrogen-bond donors (Lipinski definition) is 1. The summed E-state index contributed by atoms with van der Waals surface area (Å²) in [7, 11) is -2.78. The Morgan fingerprint density at radius 3 is 2.43 bits per heavy atom. The van der Waals surface area contributed by atoms with E-state index in [1.807, 2.05) is 0 Å². The van der Waals surface area contributed by atoms with Crippen LogP contribution >= 0.6 is 0 Å². The van der Waals surface area contributed by atoms with Gasteiger partial charge in [0.1, 0.15) is 0 Å². The first-order valence-corrected chi connectivity index (χ1v) is 7.28.